The second-order valence-electron chi connectivity index (χ2n) is 4.12. The lowest BCUT2D eigenvalue weighted by molar-refractivity contribution is -2.00. The number of carbonyl (C=O) groups is 1. The van der Waals surface area contributed by atoms with E-state index in [1.54, 1.807) is 6.92 Å². The Morgan fingerprint density at radius 1 is 1.35 bits per heavy atom. The molecule has 1 aliphatic rings. The fourth-order valence-corrected chi connectivity index (χ4v) is 1.94. The van der Waals surface area contributed by atoms with Crippen LogP contribution in [-0.2, 0) is 17.6 Å². The van der Waals surface area contributed by atoms with Crippen molar-refractivity contribution in [2.45, 2.75) is 33.1 Å². The van der Waals surface area contributed by atoms with E-state index in [0.29, 0.717) is 17.9 Å². The van der Waals surface area contributed by atoms with E-state index in [9.17, 15) is 4.79 Å². The maximum Gasteiger partial charge on any atom is 0.347 e. The molecule has 0 saturated heterocycles. The molecule has 1 aromatic rings. The summed E-state index contributed by atoms with van der Waals surface area (Å²) >= 11 is 0. The second kappa shape index (κ2) is 6.96. The molecule has 20 heavy (non-hydrogen) atoms. The average Bonchev–Trinajstić information content (AvgIpc) is 2.72. The van der Waals surface area contributed by atoms with Crippen molar-refractivity contribution < 1.29 is 42.8 Å². The Morgan fingerprint density at radius 3 is 2.50 bits per heavy atom. The maximum absolute atomic E-state index is 11.6. The van der Waals surface area contributed by atoms with Gasteiger partial charge in [-0.2, -0.15) is 0 Å². The Morgan fingerprint density at radius 2 is 1.95 bits per heavy atom. The van der Waals surface area contributed by atoms with Crippen LogP contribution in [0.25, 0.3) is 0 Å². The minimum atomic E-state index is -4.94. The van der Waals surface area contributed by atoms with Gasteiger partial charge in [-0.15, -0.1) is 10.2 Å². The molecule has 0 N–H and O–H groups in total. The molecule has 0 atom stereocenters. The van der Waals surface area contributed by atoms with E-state index in [1.165, 1.54) is 0 Å². The Kier molecular flexibility index (Phi) is 5.85. The summed E-state index contributed by atoms with van der Waals surface area (Å²) < 4.78 is 44.6. The highest BCUT2D eigenvalue weighted by molar-refractivity contribution is 5.90. The van der Waals surface area contributed by atoms with Crippen molar-refractivity contribution >= 4 is 5.97 Å². The zero-order chi connectivity index (χ0) is 15.3. The van der Waals surface area contributed by atoms with Gasteiger partial charge in [0, 0.05) is 0 Å². The van der Waals surface area contributed by atoms with E-state index < -0.39 is 10.2 Å². The summed E-state index contributed by atoms with van der Waals surface area (Å²) in [4.78, 5) is 11.6. The van der Waals surface area contributed by atoms with Crippen molar-refractivity contribution in [2.75, 3.05) is 6.61 Å². The molecule has 0 saturated carbocycles. The molecule has 0 fully saturated rings. The number of aryl methyl sites for hydroxylation is 3. The van der Waals surface area contributed by atoms with Crippen LogP contribution in [-0.4, -0.2) is 12.6 Å². The van der Waals surface area contributed by atoms with Gasteiger partial charge >= 0.3 is 17.5 Å². The standard InChI is InChI=1S/C12H15O3.ClHO4/c1-3-14-12(13)10-7-9-5-4-6-11(9)15-8(10)2;2-1(3,4)5/h7H,3-6H2,1-2H3;(H,2,3,4,5)/q+1;/p-1. The third kappa shape index (κ3) is 5.40. The second-order valence-corrected chi connectivity index (χ2v) is 4.87. The quantitative estimate of drug-likeness (QED) is 0.447. The van der Waals surface area contributed by atoms with Crippen LogP contribution in [0.2, 0.25) is 0 Å². The molecule has 0 aromatic carbocycles. The van der Waals surface area contributed by atoms with Gasteiger partial charge in [-0.1, -0.05) is 0 Å². The highest BCUT2D eigenvalue weighted by atomic mass is 35.7. The molecule has 112 valence electrons. The van der Waals surface area contributed by atoms with Crippen molar-refractivity contribution in [3.05, 3.63) is 28.7 Å². The Hall–Kier alpha value is -1.25. The van der Waals surface area contributed by atoms with Crippen molar-refractivity contribution in [3.63, 3.8) is 0 Å². The van der Waals surface area contributed by atoms with Crippen LogP contribution in [0.4, 0.5) is 0 Å². The van der Waals surface area contributed by atoms with Gasteiger partial charge in [-0.3, -0.25) is 0 Å². The first kappa shape index (κ1) is 16.8. The topological polar surface area (TPSA) is 130 Å². The highest BCUT2D eigenvalue weighted by Crippen LogP contribution is 2.25. The SMILES string of the molecule is CCOC(=O)c1cc2c([o+]c1C)CCC2.[O-][Cl+3]([O-])([O-])[O-]. The lowest BCUT2D eigenvalue weighted by Gasteiger charge is -2.17. The number of esters is 1. The van der Waals surface area contributed by atoms with Gasteiger partial charge in [0.05, 0.1) is 25.5 Å². The summed E-state index contributed by atoms with van der Waals surface area (Å²) in [6.07, 6.45) is 3.11. The monoisotopic (exact) mass is 306 g/mol. The first-order valence-electron chi connectivity index (χ1n) is 5.96. The molecule has 0 amide bonds. The fourth-order valence-electron chi connectivity index (χ4n) is 1.94. The van der Waals surface area contributed by atoms with Gasteiger partial charge in [0.15, 0.2) is 5.56 Å². The number of hydrogen-bond donors (Lipinski definition) is 0. The van der Waals surface area contributed by atoms with E-state index in [-0.39, 0.29) is 5.97 Å². The predicted octanol–water partition coefficient (Wildman–Crippen LogP) is -2.22. The van der Waals surface area contributed by atoms with E-state index in [0.717, 1.165) is 30.6 Å². The van der Waals surface area contributed by atoms with Crippen LogP contribution >= 0.6 is 0 Å². The molecule has 2 rings (SSSR count). The number of carbonyl (C=O) groups excluding carboxylic acids is 1. The summed E-state index contributed by atoms with van der Waals surface area (Å²) in [5.41, 5.74) is 1.72. The summed E-state index contributed by atoms with van der Waals surface area (Å²) in [7, 11) is -4.94. The molecule has 1 heterocycles. The third-order valence-corrected chi connectivity index (χ3v) is 2.68. The first-order valence-corrected chi connectivity index (χ1v) is 7.20. The molecule has 8 heteroatoms. The van der Waals surface area contributed by atoms with Crippen LogP contribution in [0.1, 0.15) is 40.8 Å². The zero-order valence-corrected chi connectivity index (χ0v) is 11.9. The van der Waals surface area contributed by atoms with E-state index in [2.05, 4.69) is 0 Å². The molecule has 7 nitrogen and oxygen atoms in total. The summed E-state index contributed by atoms with van der Waals surface area (Å²) in [6, 6.07) is 1.92. The van der Waals surface area contributed by atoms with Crippen molar-refractivity contribution in [2.24, 2.45) is 0 Å². The van der Waals surface area contributed by atoms with Gasteiger partial charge in [0.1, 0.15) is 0 Å². The van der Waals surface area contributed by atoms with Gasteiger partial charge in [0.25, 0.3) is 0 Å². The van der Waals surface area contributed by atoms with Crippen LogP contribution < -0.4 is 18.6 Å². The lowest BCUT2D eigenvalue weighted by Crippen LogP contribution is -2.68. The maximum atomic E-state index is 11.6. The van der Waals surface area contributed by atoms with Crippen molar-refractivity contribution in [1.82, 2.24) is 0 Å². The summed E-state index contributed by atoms with van der Waals surface area (Å²) in [6.45, 7) is 4.01. The molecule has 0 bridgehead atoms. The molecular formula is C12H15ClO7. The molecule has 0 aliphatic heterocycles. The van der Waals surface area contributed by atoms with Gasteiger partial charge < -0.3 is 4.74 Å². The Labute approximate surface area is 118 Å². The van der Waals surface area contributed by atoms with Gasteiger partial charge in [-0.25, -0.2) is 27.8 Å². The minimum Gasteiger partial charge on any atom is -0.462 e. The molecular weight excluding hydrogens is 292 g/mol. The molecule has 0 unspecified atom stereocenters. The Balaban J connectivity index is 0.000000347. The lowest BCUT2D eigenvalue weighted by atomic mass is 10.1. The summed E-state index contributed by atoms with van der Waals surface area (Å²) in [5, 5.41) is 0. The number of hydrogen-bond acceptors (Lipinski definition) is 6. The molecule has 1 aromatic heterocycles. The minimum absolute atomic E-state index is 0.284. The van der Waals surface area contributed by atoms with E-state index in [4.69, 9.17) is 27.8 Å². The van der Waals surface area contributed by atoms with Gasteiger partial charge in [-0.05, 0) is 25.8 Å². The van der Waals surface area contributed by atoms with E-state index in [1.807, 2.05) is 13.0 Å². The first-order chi connectivity index (χ1) is 9.22. The van der Waals surface area contributed by atoms with E-state index >= 15 is 0 Å². The Bertz CT molecular complexity index is 475. The zero-order valence-electron chi connectivity index (χ0n) is 11.1. The van der Waals surface area contributed by atoms with Crippen molar-refractivity contribution in [1.29, 1.82) is 0 Å². The average molecular weight is 307 g/mol. The van der Waals surface area contributed by atoms with Crippen LogP contribution in [0.3, 0.4) is 0 Å². The van der Waals surface area contributed by atoms with Crippen molar-refractivity contribution in [3.8, 4) is 0 Å². The number of fused-ring (bicyclic) bond motifs is 1. The van der Waals surface area contributed by atoms with Gasteiger partial charge in [0.2, 0.25) is 0 Å². The molecule has 0 radical (unpaired) electrons. The van der Waals surface area contributed by atoms with Crippen LogP contribution in [0.5, 0.6) is 0 Å². The van der Waals surface area contributed by atoms with Crippen LogP contribution in [0.15, 0.2) is 10.5 Å². The number of ether oxygens (including phenoxy) is 1. The number of halogens is 1. The third-order valence-electron chi connectivity index (χ3n) is 2.68. The highest BCUT2D eigenvalue weighted by Gasteiger charge is 2.28. The smallest absolute Gasteiger partial charge is 0.347 e. The largest absolute Gasteiger partial charge is 0.462 e. The fraction of sp³-hybridized carbons (Fsp3) is 0.500. The number of rotatable bonds is 2. The normalized spacial score (nSPS) is 13.3. The molecule has 1 aliphatic carbocycles. The predicted molar refractivity (Wildman–Crippen MR) is 55.8 cm³/mol. The summed E-state index contributed by atoms with van der Waals surface area (Å²) in [5.74, 6) is 1.41. The molecule has 0 spiro atoms. The van der Waals surface area contributed by atoms with Crippen LogP contribution in [0, 0.1) is 17.2 Å².